The number of aryl methyl sites for hydroxylation is 1. The molecule has 0 radical (unpaired) electrons. The zero-order valence-electron chi connectivity index (χ0n) is 11.6. The summed E-state index contributed by atoms with van der Waals surface area (Å²) in [5.74, 6) is -0.779. The van der Waals surface area contributed by atoms with Crippen LogP contribution in [0.3, 0.4) is 0 Å². The summed E-state index contributed by atoms with van der Waals surface area (Å²) in [5.41, 5.74) is 1.90. The molecule has 2 aromatic rings. The average molecular weight is 274 g/mol. The fraction of sp³-hybridized carbons (Fsp3) is 0.357. The third-order valence-corrected chi connectivity index (χ3v) is 2.93. The Balaban J connectivity index is 2.33. The second-order valence-electron chi connectivity index (χ2n) is 4.44. The van der Waals surface area contributed by atoms with E-state index in [0.717, 1.165) is 18.5 Å². The molecule has 0 unspecified atom stereocenters. The molecule has 6 nitrogen and oxygen atoms in total. The molecule has 1 aromatic carbocycles. The molecule has 0 amide bonds. The summed E-state index contributed by atoms with van der Waals surface area (Å²) in [7, 11) is 0. The van der Waals surface area contributed by atoms with Gasteiger partial charge in [0, 0.05) is 6.54 Å². The first kappa shape index (κ1) is 14.0. The van der Waals surface area contributed by atoms with Crippen molar-refractivity contribution in [3.05, 3.63) is 35.5 Å². The highest BCUT2D eigenvalue weighted by molar-refractivity contribution is 5.90. The molecular weight excluding hydrogens is 256 g/mol. The van der Waals surface area contributed by atoms with E-state index in [2.05, 4.69) is 22.4 Å². The van der Waals surface area contributed by atoms with Crippen molar-refractivity contribution in [3.63, 3.8) is 0 Å². The fourth-order valence-corrected chi connectivity index (χ4v) is 1.79. The Kier molecular flexibility index (Phi) is 4.34. The van der Waals surface area contributed by atoms with Gasteiger partial charge >= 0.3 is 5.97 Å². The van der Waals surface area contributed by atoms with Crippen molar-refractivity contribution in [3.8, 4) is 5.69 Å². The van der Waals surface area contributed by atoms with Crippen LogP contribution in [0.2, 0.25) is 0 Å². The number of hydrogen-bond acceptors (Lipinski definition) is 4. The highest BCUT2D eigenvalue weighted by Crippen LogP contribution is 2.14. The highest BCUT2D eigenvalue weighted by atomic mass is 16.4. The number of rotatable bonds is 6. The van der Waals surface area contributed by atoms with Gasteiger partial charge < -0.3 is 10.4 Å². The third-order valence-electron chi connectivity index (χ3n) is 2.93. The molecule has 0 bridgehead atoms. The summed E-state index contributed by atoms with van der Waals surface area (Å²) in [6, 6.07) is 7.73. The number of hydrogen-bond donors (Lipinski definition) is 2. The molecular formula is C14H18N4O2. The largest absolute Gasteiger partial charge is 0.476 e. The van der Waals surface area contributed by atoms with E-state index in [1.165, 1.54) is 10.4 Å². The molecule has 0 spiro atoms. The second kappa shape index (κ2) is 6.18. The van der Waals surface area contributed by atoms with Crippen molar-refractivity contribution in [2.24, 2.45) is 0 Å². The van der Waals surface area contributed by atoms with Gasteiger partial charge in [-0.15, -0.1) is 15.0 Å². The molecule has 0 aliphatic carbocycles. The van der Waals surface area contributed by atoms with E-state index < -0.39 is 5.97 Å². The van der Waals surface area contributed by atoms with E-state index in [0.29, 0.717) is 12.4 Å². The molecule has 2 N–H and O–H groups in total. The van der Waals surface area contributed by atoms with E-state index in [1.54, 1.807) is 0 Å². The lowest BCUT2D eigenvalue weighted by molar-refractivity contribution is 0.0691. The zero-order chi connectivity index (χ0) is 14.5. The van der Waals surface area contributed by atoms with E-state index in [4.69, 9.17) is 5.11 Å². The first-order valence-electron chi connectivity index (χ1n) is 6.69. The second-order valence-corrected chi connectivity index (χ2v) is 4.44. The molecule has 1 heterocycles. The van der Waals surface area contributed by atoms with Gasteiger partial charge in [0.2, 0.25) is 5.69 Å². The molecule has 0 aliphatic heterocycles. The number of aromatic nitrogens is 3. The fourth-order valence-electron chi connectivity index (χ4n) is 1.79. The molecule has 0 saturated carbocycles. The van der Waals surface area contributed by atoms with Gasteiger partial charge in [-0.25, -0.2) is 4.79 Å². The smallest absolute Gasteiger partial charge is 0.360 e. The lowest BCUT2D eigenvalue weighted by Gasteiger charge is -2.01. The molecule has 20 heavy (non-hydrogen) atoms. The van der Waals surface area contributed by atoms with Crippen LogP contribution in [0.15, 0.2) is 24.3 Å². The molecule has 0 atom stereocenters. The molecule has 1 aromatic heterocycles. The normalized spacial score (nSPS) is 10.5. The predicted molar refractivity (Wildman–Crippen MR) is 76.5 cm³/mol. The Hall–Kier alpha value is -2.37. The van der Waals surface area contributed by atoms with Crippen LogP contribution >= 0.6 is 0 Å². The molecule has 0 aliphatic rings. The van der Waals surface area contributed by atoms with E-state index in [1.807, 2.05) is 31.2 Å². The Morgan fingerprint density at radius 2 is 1.95 bits per heavy atom. The summed E-state index contributed by atoms with van der Waals surface area (Å²) >= 11 is 0. The first-order valence-corrected chi connectivity index (χ1v) is 6.69. The van der Waals surface area contributed by atoms with Crippen LogP contribution in [0, 0.1) is 0 Å². The van der Waals surface area contributed by atoms with E-state index in [9.17, 15) is 4.79 Å². The number of benzene rings is 1. The molecule has 2 rings (SSSR count). The predicted octanol–water partition coefficient (Wildman–Crippen LogP) is 2.35. The summed E-state index contributed by atoms with van der Waals surface area (Å²) in [4.78, 5) is 12.5. The van der Waals surface area contributed by atoms with Gasteiger partial charge in [0.1, 0.15) is 0 Å². The number of carbonyl (C=O) groups is 1. The maximum Gasteiger partial charge on any atom is 0.360 e. The van der Waals surface area contributed by atoms with Gasteiger partial charge in [-0.1, -0.05) is 26.0 Å². The van der Waals surface area contributed by atoms with Gasteiger partial charge in [0.15, 0.2) is 5.82 Å². The lowest BCUT2D eigenvalue weighted by Crippen LogP contribution is -2.06. The van der Waals surface area contributed by atoms with Gasteiger partial charge in [-0.3, -0.25) is 0 Å². The van der Waals surface area contributed by atoms with Crippen molar-refractivity contribution < 1.29 is 9.90 Å². The number of carboxylic acids is 1. The topological polar surface area (TPSA) is 80.0 Å². The summed E-state index contributed by atoms with van der Waals surface area (Å²) in [5, 5.41) is 20.4. The Labute approximate surface area is 117 Å². The number of carboxylic acid groups (broad SMARTS) is 1. The Morgan fingerprint density at radius 1 is 1.25 bits per heavy atom. The van der Waals surface area contributed by atoms with Crippen molar-refractivity contribution in [2.45, 2.75) is 26.7 Å². The third kappa shape index (κ3) is 2.96. The zero-order valence-corrected chi connectivity index (χ0v) is 11.6. The monoisotopic (exact) mass is 274 g/mol. The van der Waals surface area contributed by atoms with E-state index >= 15 is 0 Å². The number of nitrogens with one attached hydrogen (secondary N) is 1. The first-order chi connectivity index (χ1) is 9.65. The van der Waals surface area contributed by atoms with E-state index in [-0.39, 0.29) is 5.69 Å². The van der Waals surface area contributed by atoms with Crippen LogP contribution in [0.5, 0.6) is 0 Å². The van der Waals surface area contributed by atoms with Crippen LogP contribution in [0.1, 0.15) is 36.3 Å². The molecule has 6 heteroatoms. The van der Waals surface area contributed by atoms with Crippen LogP contribution in [-0.2, 0) is 6.42 Å². The van der Waals surface area contributed by atoms with Crippen molar-refractivity contribution in [1.29, 1.82) is 0 Å². The van der Waals surface area contributed by atoms with Crippen LogP contribution in [-0.4, -0.2) is 32.6 Å². The SMILES string of the molecule is CCCNc1nn(-c2ccc(CC)cc2)nc1C(=O)O. The maximum atomic E-state index is 11.2. The standard InChI is InChI=1S/C14H18N4O2/c1-3-9-15-13-12(14(19)20)16-18(17-13)11-7-5-10(4-2)6-8-11/h5-8H,3-4,9H2,1-2H3,(H,15,17)(H,19,20). The van der Waals surface area contributed by atoms with Crippen molar-refractivity contribution in [1.82, 2.24) is 15.0 Å². The van der Waals surface area contributed by atoms with Crippen molar-refractivity contribution >= 4 is 11.8 Å². The molecule has 106 valence electrons. The van der Waals surface area contributed by atoms with Gasteiger partial charge in [-0.05, 0) is 30.5 Å². The van der Waals surface area contributed by atoms with Crippen molar-refractivity contribution in [2.75, 3.05) is 11.9 Å². The average Bonchev–Trinajstić information content (AvgIpc) is 2.89. The Morgan fingerprint density at radius 3 is 2.50 bits per heavy atom. The van der Waals surface area contributed by atoms with Crippen LogP contribution < -0.4 is 5.32 Å². The van der Waals surface area contributed by atoms with Crippen LogP contribution in [0.25, 0.3) is 5.69 Å². The summed E-state index contributed by atoms with van der Waals surface area (Å²) < 4.78 is 0. The maximum absolute atomic E-state index is 11.2. The quantitative estimate of drug-likeness (QED) is 0.845. The minimum absolute atomic E-state index is 0.0574. The highest BCUT2D eigenvalue weighted by Gasteiger charge is 2.17. The minimum Gasteiger partial charge on any atom is -0.476 e. The summed E-state index contributed by atoms with van der Waals surface area (Å²) in [6.45, 7) is 4.74. The number of aromatic carboxylic acids is 1. The van der Waals surface area contributed by atoms with Gasteiger partial charge in [-0.2, -0.15) is 0 Å². The molecule has 0 fully saturated rings. The van der Waals surface area contributed by atoms with Gasteiger partial charge in [0.05, 0.1) is 5.69 Å². The number of nitrogens with zero attached hydrogens (tertiary/aromatic N) is 3. The Bertz CT molecular complexity index is 590. The van der Waals surface area contributed by atoms with Crippen LogP contribution in [0.4, 0.5) is 5.82 Å². The van der Waals surface area contributed by atoms with Gasteiger partial charge in [0.25, 0.3) is 0 Å². The molecule has 0 saturated heterocycles. The minimum atomic E-state index is -1.08. The number of anilines is 1. The lowest BCUT2D eigenvalue weighted by atomic mass is 10.2. The summed E-state index contributed by atoms with van der Waals surface area (Å²) in [6.07, 6.45) is 1.84.